The Morgan fingerprint density at radius 1 is 1.35 bits per heavy atom. The molecular weight excluding hydrogens is 270 g/mol. The molecule has 3 rings (SSSR count). The maximum Gasteiger partial charge on any atom is 0.142 e. The zero-order valence-corrected chi connectivity index (χ0v) is 12.1. The second kappa shape index (κ2) is 6.29. The van der Waals surface area contributed by atoms with E-state index in [4.69, 9.17) is 4.74 Å². The number of nitrogens with zero attached hydrogens (tertiary/aromatic N) is 1. The Kier molecular flexibility index (Phi) is 4.23. The van der Waals surface area contributed by atoms with Gasteiger partial charge in [-0.3, -0.25) is 4.79 Å². The first kappa shape index (κ1) is 13.5. The molecule has 1 aromatic carbocycles. The number of carbonyl (C=O) groups excluding carboxylic acids is 1. The van der Waals surface area contributed by atoms with E-state index in [2.05, 4.69) is 4.98 Å². The van der Waals surface area contributed by atoms with Crippen molar-refractivity contribution in [3.63, 3.8) is 0 Å². The molecule has 4 heteroatoms. The Hall–Kier alpha value is -1.52. The zero-order valence-electron chi connectivity index (χ0n) is 11.2. The first-order chi connectivity index (χ1) is 9.81. The lowest BCUT2D eigenvalue weighted by molar-refractivity contribution is -0.120. The summed E-state index contributed by atoms with van der Waals surface area (Å²) in [6.45, 7) is 0.799. The van der Waals surface area contributed by atoms with Crippen LogP contribution in [0.2, 0.25) is 0 Å². The molecule has 3 nitrogen and oxygen atoms in total. The van der Waals surface area contributed by atoms with Crippen LogP contribution >= 0.6 is 11.3 Å². The zero-order chi connectivity index (χ0) is 13.8. The van der Waals surface area contributed by atoms with Crippen molar-refractivity contribution < 1.29 is 9.53 Å². The van der Waals surface area contributed by atoms with Gasteiger partial charge in [-0.05, 0) is 12.8 Å². The summed E-state index contributed by atoms with van der Waals surface area (Å²) in [5.41, 5.74) is 2.05. The molecule has 1 atom stereocenters. The van der Waals surface area contributed by atoms with Gasteiger partial charge < -0.3 is 4.74 Å². The SMILES string of the molecule is O=C(Cc1nc(-c2ccccc2)cs1)CC1CCCO1. The summed E-state index contributed by atoms with van der Waals surface area (Å²) in [7, 11) is 0. The molecule has 0 aliphatic carbocycles. The Labute approximate surface area is 122 Å². The van der Waals surface area contributed by atoms with Crippen molar-refractivity contribution in [3.8, 4) is 11.3 Å². The summed E-state index contributed by atoms with van der Waals surface area (Å²) in [4.78, 5) is 16.6. The van der Waals surface area contributed by atoms with Crippen molar-refractivity contribution in [3.05, 3.63) is 40.7 Å². The van der Waals surface area contributed by atoms with E-state index < -0.39 is 0 Å². The largest absolute Gasteiger partial charge is 0.378 e. The average molecular weight is 287 g/mol. The minimum atomic E-state index is 0.135. The molecule has 1 aliphatic rings. The van der Waals surface area contributed by atoms with Crippen molar-refractivity contribution in [2.45, 2.75) is 31.8 Å². The minimum Gasteiger partial charge on any atom is -0.378 e. The first-order valence-corrected chi connectivity index (χ1v) is 7.82. The molecule has 1 aliphatic heterocycles. The molecule has 0 spiro atoms. The van der Waals surface area contributed by atoms with Crippen molar-refractivity contribution >= 4 is 17.1 Å². The van der Waals surface area contributed by atoms with E-state index in [9.17, 15) is 4.79 Å². The highest BCUT2D eigenvalue weighted by Crippen LogP contribution is 2.23. The number of rotatable bonds is 5. The maximum absolute atomic E-state index is 12.0. The molecule has 0 amide bonds. The van der Waals surface area contributed by atoms with E-state index in [1.54, 1.807) is 11.3 Å². The molecule has 1 unspecified atom stereocenters. The third-order valence-corrected chi connectivity index (χ3v) is 4.30. The van der Waals surface area contributed by atoms with E-state index in [1.807, 2.05) is 35.7 Å². The smallest absolute Gasteiger partial charge is 0.142 e. The van der Waals surface area contributed by atoms with E-state index in [0.29, 0.717) is 12.8 Å². The van der Waals surface area contributed by atoms with Crippen molar-refractivity contribution in [2.24, 2.45) is 0 Å². The van der Waals surface area contributed by atoms with E-state index in [0.717, 1.165) is 35.7 Å². The molecule has 1 saturated heterocycles. The predicted molar refractivity (Wildman–Crippen MR) is 79.9 cm³/mol. The lowest BCUT2D eigenvalue weighted by Crippen LogP contribution is -2.14. The van der Waals surface area contributed by atoms with Gasteiger partial charge in [-0.15, -0.1) is 11.3 Å². The highest BCUT2D eigenvalue weighted by atomic mass is 32.1. The Balaban J connectivity index is 1.61. The Bertz CT molecular complexity index is 573. The normalized spacial score (nSPS) is 18.3. The fourth-order valence-corrected chi connectivity index (χ4v) is 3.27. The quantitative estimate of drug-likeness (QED) is 0.845. The molecule has 0 saturated carbocycles. The number of Topliss-reactive ketones (excluding diaryl/α,β-unsaturated/α-hetero) is 1. The molecule has 104 valence electrons. The number of ether oxygens (including phenoxy) is 1. The Morgan fingerprint density at radius 2 is 2.20 bits per heavy atom. The molecule has 1 fully saturated rings. The Morgan fingerprint density at radius 3 is 2.95 bits per heavy atom. The third kappa shape index (κ3) is 3.32. The lowest BCUT2D eigenvalue weighted by atomic mass is 10.1. The van der Waals surface area contributed by atoms with Crippen molar-refractivity contribution in [1.82, 2.24) is 4.98 Å². The van der Waals surface area contributed by atoms with E-state index >= 15 is 0 Å². The number of hydrogen-bond acceptors (Lipinski definition) is 4. The number of thiazole rings is 1. The van der Waals surface area contributed by atoms with E-state index in [1.165, 1.54) is 0 Å². The van der Waals surface area contributed by atoms with Crippen LogP contribution in [0.3, 0.4) is 0 Å². The summed E-state index contributed by atoms with van der Waals surface area (Å²) >= 11 is 1.56. The summed E-state index contributed by atoms with van der Waals surface area (Å²) < 4.78 is 5.50. The second-order valence-corrected chi connectivity index (χ2v) is 5.99. The van der Waals surface area contributed by atoms with Gasteiger partial charge in [0.1, 0.15) is 10.8 Å². The summed E-state index contributed by atoms with van der Waals surface area (Å²) in [6.07, 6.45) is 3.18. The number of hydrogen-bond donors (Lipinski definition) is 0. The highest BCUT2D eigenvalue weighted by Gasteiger charge is 2.19. The second-order valence-electron chi connectivity index (χ2n) is 5.05. The fraction of sp³-hybridized carbons (Fsp3) is 0.375. The molecule has 1 aromatic heterocycles. The standard InChI is InChI=1S/C16H17NO2S/c18-13(9-14-7-4-8-19-14)10-16-17-15(11-20-16)12-5-2-1-3-6-12/h1-3,5-6,11,14H,4,7-10H2. The summed E-state index contributed by atoms with van der Waals surface area (Å²) in [5, 5.41) is 2.91. The number of benzene rings is 1. The highest BCUT2D eigenvalue weighted by molar-refractivity contribution is 7.10. The summed E-state index contributed by atoms with van der Waals surface area (Å²) in [6, 6.07) is 10.1. The topological polar surface area (TPSA) is 39.2 Å². The van der Waals surface area contributed by atoms with Crippen LogP contribution in [-0.4, -0.2) is 23.5 Å². The average Bonchev–Trinajstić information content (AvgIpc) is 3.11. The molecule has 2 heterocycles. The van der Waals surface area contributed by atoms with Gasteiger partial charge in [0, 0.05) is 24.0 Å². The van der Waals surface area contributed by atoms with Crippen molar-refractivity contribution in [2.75, 3.05) is 6.61 Å². The molecule has 0 N–H and O–H groups in total. The van der Waals surface area contributed by atoms with Gasteiger partial charge in [0.15, 0.2) is 0 Å². The van der Waals surface area contributed by atoms with Gasteiger partial charge in [0.2, 0.25) is 0 Å². The molecule has 0 radical (unpaired) electrons. The van der Waals surface area contributed by atoms with Crippen LogP contribution in [0.15, 0.2) is 35.7 Å². The van der Waals surface area contributed by atoms with Crippen LogP contribution in [0, 0.1) is 0 Å². The van der Waals surface area contributed by atoms with Crippen LogP contribution in [0.1, 0.15) is 24.3 Å². The minimum absolute atomic E-state index is 0.135. The molecule has 2 aromatic rings. The fourth-order valence-electron chi connectivity index (χ4n) is 2.43. The van der Waals surface area contributed by atoms with E-state index in [-0.39, 0.29) is 11.9 Å². The molecular formula is C16H17NO2S. The van der Waals surface area contributed by atoms with Crippen LogP contribution < -0.4 is 0 Å². The number of aromatic nitrogens is 1. The number of carbonyl (C=O) groups is 1. The van der Waals surface area contributed by atoms with Crippen LogP contribution in [0.4, 0.5) is 0 Å². The molecule has 20 heavy (non-hydrogen) atoms. The third-order valence-electron chi connectivity index (χ3n) is 3.45. The summed E-state index contributed by atoms with van der Waals surface area (Å²) in [5.74, 6) is 0.228. The first-order valence-electron chi connectivity index (χ1n) is 6.94. The van der Waals surface area contributed by atoms with Gasteiger partial charge in [0.25, 0.3) is 0 Å². The van der Waals surface area contributed by atoms with Gasteiger partial charge in [0.05, 0.1) is 18.2 Å². The van der Waals surface area contributed by atoms with Gasteiger partial charge in [-0.25, -0.2) is 4.98 Å². The van der Waals surface area contributed by atoms with Crippen LogP contribution in [-0.2, 0) is 16.0 Å². The maximum atomic E-state index is 12.0. The van der Waals surface area contributed by atoms with Crippen LogP contribution in [0.25, 0.3) is 11.3 Å². The van der Waals surface area contributed by atoms with Gasteiger partial charge >= 0.3 is 0 Å². The van der Waals surface area contributed by atoms with Crippen LogP contribution in [0.5, 0.6) is 0 Å². The number of ketones is 1. The monoisotopic (exact) mass is 287 g/mol. The predicted octanol–water partition coefficient (Wildman–Crippen LogP) is 3.49. The van der Waals surface area contributed by atoms with Gasteiger partial charge in [-0.1, -0.05) is 30.3 Å². The van der Waals surface area contributed by atoms with Gasteiger partial charge in [-0.2, -0.15) is 0 Å². The van der Waals surface area contributed by atoms with Crippen molar-refractivity contribution in [1.29, 1.82) is 0 Å². The lowest BCUT2D eigenvalue weighted by Gasteiger charge is -2.06. The molecule has 0 bridgehead atoms.